The molecule has 0 aliphatic carbocycles. The molecular formula is C17H17Cl2NO2. The van der Waals surface area contributed by atoms with Gasteiger partial charge in [-0.3, -0.25) is 4.79 Å². The molecule has 5 heteroatoms. The van der Waals surface area contributed by atoms with Crippen molar-refractivity contribution >= 4 is 29.1 Å². The van der Waals surface area contributed by atoms with Crippen LogP contribution in [0.1, 0.15) is 24.1 Å². The van der Waals surface area contributed by atoms with E-state index in [1.807, 2.05) is 25.1 Å². The molecular weight excluding hydrogens is 321 g/mol. The first-order valence-electron chi connectivity index (χ1n) is 6.87. The van der Waals surface area contributed by atoms with Crippen LogP contribution in [0.25, 0.3) is 0 Å². The molecule has 0 fully saturated rings. The Hall–Kier alpha value is -1.71. The van der Waals surface area contributed by atoms with E-state index < -0.39 is 0 Å². The molecule has 0 aliphatic heterocycles. The SMILES string of the molecule is COc1ccc(Cl)cc1CC(=O)NC(C)c1cccc(Cl)c1. The Morgan fingerprint density at radius 2 is 1.91 bits per heavy atom. The molecule has 1 amide bonds. The Morgan fingerprint density at radius 3 is 2.59 bits per heavy atom. The first-order chi connectivity index (χ1) is 10.5. The van der Waals surface area contributed by atoms with Gasteiger partial charge in [0.25, 0.3) is 0 Å². The number of hydrogen-bond acceptors (Lipinski definition) is 2. The van der Waals surface area contributed by atoms with Crippen LogP contribution in [-0.2, 0) is 11.2 Å². The summed E-state index contributed by atoms with van der Waals surface area (Å²) in [4.78, 5) is 12.2. The number of ether oxygens (including phenoxy) is 1. The van der Waals surface area contributed by atoms with Crippen LogP contribution >= 0.6 is 23.2 Å². The van der Waals surface area contributed by atoms with Crippen molar-refractivity contribution in [2.24, 2.45) is 0 Å². The van der Waals surface area contributed by atoms with Crippen LogP contribution in [0.5, 0.6) is 5.75 Å². The first kappa shape index (κ1) is 16.7. The zero-order valence-corrected chi connectivity index (χ0v) is 13.9. The second-order valence-electron chi connectivity index (χ2n) is 4.98. The van der Waals surface area contributed by atoms with Gasteiger partial charge in [0.05, 0.1) is 19.6 Å². The van der Waals surface area contributed by atoms with Gasteiger partial charge in [-0.05, 0) is 42.8 Å². The lowest BCUT2D eigenvalue weighted by Gasteiger charge is -2.15. The third-order valence-electron chi connectivity index (χ3n) is 3.32. The maximum atomic E-state index is 12.2. The minimum Gasteiger partial charge on any atom is -0.496 e. The number of methoxy groups -OCH3 is 1. The number of amides is 1. The molecule has 0 bridgehead atoms. The lowest BCUT2D eigenvalue weighted by molar-refractivity contribution is -0.121. The van der Waals surface area contributed by atoms with Crippen molar-refractivity contribution in [2.45, 2.75) is 19.4 Å². The van der Waals surface area contributed by atoms with Crippen molar-refractivity contribution in [3.8, 4) is 5.75 Å². The summed E-state index contributed by atoms with van der Waals surface area (Å²) < 4.78 is 5.25. The summed E-state index contributed by atoms with van der Waals surface area (Å²) in [6.45, 7) is 1.92. The lowest BCUT2D eigenvalue weighted by Crippen LogP contribution is -2.28. The fourth-order valence-electron chi connectivity index (χ4n) is 2.21. The summed E-state index contributed by atoms with van der Waals surface area (Å²) in [6.07, 6.45) is 0.203. The van der Waals surface area contributed by atoms with Gasteiger partial charge in [0.1, 0.15) is 5.75 Å². The predicted molar refractivity (Wildman–Crippen MR) is 89.7 cm³/mol. The molecule has 0 saturated carbocycles. The molecule has 1 atom stereocenters. The van der Waals surface area contributed by atoms with Crippen molar-refractivity contribution < 1.29 is 9.53 Å². The number of carbonyl (C=O) groups excluding carboxylic acids is 1. The summed E-state index contributed by atoms with van der Waals surface area (Å²) in [7, 11) is 1.57. The topological polar surface area (TPSA) is 38.3 Å². The predicted octanol–water partition coefficient (Wildman–Crippen LogP) is 4.42. The van der Waals surface area contributed by atoms with Crippen LogP contribution in [0, 0.1) is 0 Å². The second-order valence-corrected chi connectivity index (χ2v) is 5.85. The number of carbonyl (C=O) groups is 1. The van der Waals surface area contributed by atoms with E-state index in [0.29, 0.717) is 15.8 Å². The molecule has 116 valence electrons. The Bertz CT molecular complexity index is 673. The number of benzene rings is 2. The molecule has 0 aromatic heterocycles. The quantitative estimate of drug-likeness (QED) is 0.876. The van der Waals surface area contributed by atoms with Gasteiger partial charge < -0.3 is 10.1 Å². The molecule has 2 rings (SSSR count). The van der Waals surface area contributed by atoms with E-state index in [4.69, 9.17) is 27.9 Å². The van der Waals surface area contributed by atoms with Crippen molar-refractivity contribution in [1.29, 1.82) is 0 Å². The maximum absolute atomic E-state index is 12.2. The van der Waals surface area contributed by atoms with E-state index in [0.717, 1.165) is 11.1 Å². The van der Waals surface area contributed by atoms with E-state index in [1.54, 1.807) is 31.4 Å². The first-order valence-corrected chi connectivity index (χ1v) is 7.62. The fourth-order valence-corrected chi connectivity index (χ4v) is 2.60. The largest absolute Gasteiger partial charge is 0.496 e. The number of nitrogens with one attached hydrogen (secondary N) is 1. The van der Waals surface area contributed by atoms with Gasteiger partial charge in [-0.15, -0.1) is 0 Å². The van der Waals surface area contributed by atoms with E-state index >= 15 is 0 Å². The molecule has 0 aliphatic rings. The normalized spacial score (nSPS) is 11.8. The van der Waals surface area contributed by atoms with Crippen molar-refractivity contribution in [2.75, 3.05) is 7.11 Å². The lowest BCUT2D eigenvalue weighted by atomic mass is 10.1. The van der Waals surface area contributed by atoms with E-state index in [9.17, 15) is 4.79 Å². The van der Waals surface area contributed by atoms with Gasteiger partial charge in [0.15, 0.2) is 0 Å². The van der Waals surface area contributed by atoms with Crippen molar-refractivity contribution in [3.63, 3.8) is 0 Å². The third-order valence-corrected chi connectivity index (χ3v) is 3.79. The molecule has 0 heterocycles. The van der Waals surface area contributed by atoms with Crippen LogP contribution in [0.4, 0.5) is 0 Å². The minimum absolute atomic E-state index is 0.104. The van der Waals surface area contributed by atoms with Crippen LogP contribution in [0.3, 0.4) is 0 Å². The average Bonchev–Trinajstić information content (AvgIpc) is 2.47. The second kappa shape index (κ2) is 7.52. The Balaban J connectivity index is 2.05. The highest BCUT2D eigenvalue weighted by atomic mass is 35.5. The molecule has 0 spiro atoms. The van der Waals surface area contributed by atoms with Crippen LogP contribution in [0.2, 0.25) is 10.0 Å². The van der Waals surface area contributed by atoms with Gasteiger partial charge >= 0.3 is 0 Å². The molecule has 1 unspecified atom stereocenters. The number of rotatable bonds is 5. The zero-order valence-electron chi connectivity index (χ0n) is 12.4. The standard InChI is InChI=1S/C17H17Cl2NO2/c1-11(12-4-3-5-14(18)8-12)20-17(21)10-13-9-15(19)6-7-16(13)22-2/h3-9,11H,10H2,1-2H3,(H,20,21). The summed E-state index contributed by atoms with van der Waals surface area (Å²) in [5.74, 6) is 0.544. The van der Waals surface area contributed by atoms with Gasteiger partial charge in [0.2, 0.25) is 5.91 Å². The molecule has 0 saturated heterocycles. The van der Waals surface area contributed by atoms with Crippen LogP contribution in [-0.4, -0.2) is 13.0 Å². The molecule has 22 heavy (non-hydrogen) atoms. The molecule has 3 nitrogen and oxygen atoms in total. The van der Waals surface area contributed by atoms with Gasteiger partial charge in [-0.25, -0.2) is 0 Å². The summed E-state index contributed by atoms with van der Waals surface area (Å²) in [6, 6.07) is 12.5. The molecule has 1 N–H and O–H groups in total. The van der Waals surface area contributed by atoms with Crippen molar-refractivity contribution in [1.82, 2.24) is 5.32 Å². The fraction of sp³-hybridized carbons (Fsp3) is 0.235. The smallest absolute Gasteiger partial charge is 0.225 e. The van der Waals surface area contributed by atoms with Crippen LogP contribution in [0.15, 0.2) is 42.5 Å². The third kappa shape index (κ3) is 4.39. The number of halogens is 2. The van der Waals surface area contributed by atoms with Gasteiger partial charge in [0, 0.05) is 15.6 Å². The summed E-state index contributed by atoms with van der Waals surface area (Å²) >= 11 is 11.9. The minimum atomic E-state index is -0.128. The monoisotopic (exact) mass is 337 g/mol. The Labute approximate surface area is 140 Å². The zero-order chi connectivity index (χ0) is 16.1. The maximum Gasteiger partial charge on any atom is 0.225 e. The highest BCUT2D eigenvalue weighted by Gasteiger charge is 2.13. The van der Waals surface area contributed by atoms with Crippen LogP contribution < -0.4 is 10.1 Å². The van der Waals surface area contributed by atoms with Gasteiger partial charge in [-0.1, -0.05) is 35.3 Å². The summed E-state index contributed by atoms with van der Waals surface area (Å²) in [5.41, 5.74) is 1.71. The van der Waals surface area contributed by atoms with Crippen molar-refractivity contribution in [3.05, 3.63) is 63.6 Å². The molecule has 2 aromatic rings. The highest BCUT2D eigenvalue weighted by Crippen LogP contribution is 2.23. The van der Waals surface area contributed by atoms with E-state index in [1.165, 1.54) is 0 Å². The Morgan fingerprint density at radius 1 is 1.18 bits per heavy atom. The Kier molecular flexibility index (Phi) is 5.69. The molecule has 0 radical (unpaired) electrons. The average molecular weight is 338 g/mol. The van der Waals surface area contributed by atoms with E-state index in [-0.39, 0.29) is 18.4 Å². The molecule has 2 aromatic carbocycles. The summed E-state index contributed by atoms with van der Waals surface area (Å²) in [5, 5.41) is 4.17. The highest BCUT2D eigenvalue weighted by molar-refractivity contribution is 6.31. The van der Waals surface area contributed by atoms with E-state index in [2.05, 4.69) is 5.32 Å². The van der Waals surface area contributed by atoms with Gasteiger partial charge in [-0.2, -0.15) is 0 Å². The number of hydrogen-bond donors (Lipinski definition) is 1.